The standard InChI is InChI=1S/C11H9N2O4.Fm/c12-5-7-1-3-8(4-2-7)10(15)9(11(16)17)13-6-14;/h1-4,9-10,15H,(H,13,14)(H,16,17);/q-1;/t9?,10-;/m1./s1. The molecule has 0 aliphatic carbocycles. The molecule has 7 heteroatoms. The number of aliphatic carboxylic acids is 1. The van der Waals surface area contributed by atoms with Crippen molar-refractivity contribution in [3.63, 3.8) is 0 Å². The van der Waals surface area contributed by atoms with Gasteiger partial charge < -0.3 is 20.3 Å². The third-order valence-corrected chi connectivity index (χ3v) is 2.18. The molecule has 18 heavy (non-hydrogen) atoms. The minimum absolute atomic E-state index is 0. The Balaban J connectivity index is 0.00000289. The van der Waals surface area contributed by atoms with Crippen LogP contribution in [0.1, 0.15) is 17.2 Å². The van der Waals surface area contributed by atoms with E-state index >= 15 is 0 Å². The number of hydrogen-bond acceptors (Lipinski definition) is 4. The van der Waals surface area contributed by atoms with Gasteiger partial charge in [-0.15, -0.1) is 0 Å². The molecular weight excluding hydrogens is 481 g/mol. The molecule has 6 nitrogen and oxygen atoms in total. The molecule has 0 heterocycles. The number of carboxylic acids is 1. The van der Waals surface area contributed by atoms with Crippen molar-refractivity contribution in [1.82, 2.24) is 5.32 Å². The number of rotatable bonds is 5. The number of carbonyl (C=O) groups excluding carboxylic acids is 1. The van der Waals surface area contributed by atoms with E-state index in [4.69, 9.17) is 10.4 Å². The molecule has 1 rings (SSSR count). The van der Waals surface area contributed by atoms with Crippen LogP contribution in [0.15, 0.2) is 24.3 Å². The van der Waals surface area contributed by atoms with Crippen LogP contribution in [0.3, 0.4) is 0 Å². The fourth-order valence-electron chi connectivity index (χ4n) is 1.29. The van der Waals surface area contributed by atoms with E-state index in [0.717, 1.165) is 0 Å². The Morgan fingerprint density at radius 2 is 1.94 bits per heavy atom. The summed E-state index contributed by atoms with van der Waals surface area (Å²) in [6.07, 6.45) is -0.172. The normalized spacial score (nSPS) is 12.4. The second-order valence-corrected chi connectivity index (χ2v) is 3.24. The second kappa shape index (κ2) is 6.25. The number of nitrogens with one attached hydrogen (secondary N) is 1. The smallest absolute Gasteiger partial charge is 0.326 e. The summed E-state index contributed by atoms with van der Waals surface area (Å²) >= 11 is 0. The van der Waals surface area contributed by atoms with E-state index in [-0.39, 0.29) is 0 Å². The van der Waals surface area contributed by atoms with Crippen LogP contribution in [0.2, 0.25) is 0 Å². The molecule has 1 aromatic carbocycles. The third-order valence-electron chi connectivity index (χ3n) is 2.18. The van der Waals surface area contributed by atoms with Gasteiger partial charge in [0.25, 0.3) is 0 Å². The van der Waals surface area contributed by atoms with Gasteiger partial charge in [-0.05, 0) is 17.7 Å². The van der Waals surface area contributed by atoms with Crippen molar-refractivity contribution >= 4 is 12.4 Å². The van der Waals surface area contributed by atoms with Gasteiger partial charge in [0.05, 0.1) is 11.6 Å². The molecule has 0 aliphatic rings. The fourth-order valence-corrected chi connectivity index (χ4v) is 1.29. The van der Waals surface area contributed by atoms with Crippen molar-refractivity contribution in [3.8, 4) is 6.07 Å². The SMILES string of the molecule is N#Cc1ccc([C@@H](O)C(N[C-]=O)C(=O)O)cc1.[Fm]. The predicted octanol–water partition coefficient (Wildman–Crippen LogP) is -0.298. The zero-order valence-electron chi connectivity index (χ0n) is 8.91. The van der Waals surface area contributed by atoms with Crippen molar-refractivity contribution in [2.45, 2.75) is 12.1 Å². The summed E-state index contributed by atoms with van der Waals surface area (Å²) in [6.45, 7) is 0. The summed E-state index contributed by atoms with van der Waals surface area (Å²) < 4.78 is 0. The topological polar surface area (TPSA) is 110 Å². The van der Waals surface area contributed by atoms with Crippen LogP contribution in [0.25, 0.3) is 0 Å². The number of aliphatic hydroxyl groups is 1. The molecule has 0 bridgehead atoms. The fraction of sp³-hybridized carbons (Fsp3) is 0.182. The molecule has 0 saturated carbocycles. The van der Waals surface area contributed by atoms with Crippen LogP contribution in [0.5, 0.6) is 0 Å². The average Bonchev–Trinajstić information content (AvgIpc) is 2.35. The Bertz CT molecular complexity index is 455. The molecule has 0 radical (unpaired) electrons. The van der Waals surface area contributed by atoms with Crippen LogP contribution in [0, 0.1) is 11.3 Å². The molecule has 0 saturated heterocycles. The average molecular weight is 490 g/mol. The number of nitriles is 1. The Morgan fingerprint density at radius 1 is 1.39 bits per heavy atom. The number of benzene rings is 1. The van der Waals surface area contributed by atoms with E-state index in [1.807, 2.05) is 11.4 Å². The Hall–Kier alpha value is -3.39. The van der Waals surface area contributed by atoms with Gasteiger partial charge in [-0.25, -0.2) is 4.79 Å². The number of aliphatic hydroxyl groups excluding tert-OH is 1. The van der Waals surface area contributed by atoms with Crippen molar-refractivity contribution < 1.29 is 19.8 Å². The van der Waals surface area contributed by atoms with E-state index in [0.29, 0.717) is 11.1 Å². The number of hydrogen-bond donors (Lipinski definition) is 3. The molecule has 100 valence electrons. The monoisotopic (exact) mass is 490 g/mol. The summed E-state index contributed by atoms with van der Waals surface area (Å²) in [6, 6.07) is 6.16. The maximum Gasteiger partial charge on any atom is 0.326 e. The quantitative estimate of drug-likeness (QED) is 0.388. The number of amides is 1. The first kappa shape index (κ1) is 14.6. The first-order chi connectivity index (χ1) is 8.10. The predicted molar refractivity (Wildman–Crippen MR) is 56.4 cm³/mol. The maximum absolute atomic E-state index is 10.8. The van der Waals surface area contributed by atoms with Gasteiger partial charge in [-0.3, -0.25) is 0 Å². The maximum atomic E-state index is 10.8. The summed E-state index contributed by atoms with van der Waals surface area (Å²) in [5.41, 5.74) is 0.682. The number of nitrogens with zero attached hydrogens (tertiary/aromatic N) is 1. The molecule has 0 fully saturated rings. The molecule has 1 aromatic rings. The number of carboxylic acid groups (broad SMARTS) is 1. The van der Waals surface area contributed by atoms with E-state index in [1.165, 1.54) is 30.7 Å². The van der Waals surface area contributed by atoms with Gasteiger partial charge in [-0.2, -0.15) is 11.7 Å². The van der Waals surface area contributed by atoms with Gasteiger partial charge in [0, 0.05) is 0 Å². The Kier molecular flexibility index (Phi) is 5.07. The Labute approximate surface area is 97.1 Å². The van der Waals surface area contributed by atoms with E-state index in [9.17, 15) is 14.7 Å². The van der Waals surface area contributed by atoms with Crippen molar-refractivity contribution in [1.29, 1.82) is 5.26 Å². The van der Waals surface area contributed by atoms with Gasteiger partial charge in [-0.1, -0.05) is 12.1 Å². The van der Waals surface area contributed by atoms with Crippen molar-refractivity contribution in [2.24, 2.45) is 0 Å². The van der Waals surface area contributed by atoms with Gasteiger partial charge in [0.2, 0.25) is 0 Å². The zero-order chi connectivity index (χ0) is 12.8. The van der Waals surface area contributed by atoms with Crippen LogP contribution in [-0.2, 0) is 9.59 Å². The van der Waals surface area contributed by atoms with E-state index in [2.05, 4.69) is 0 Å². The molecule has 0 aromatic heterocycles. The summed E-state index contributed by atoms with van der Waals surface area (Å²) in [4.78, 5) is 20.9. The third kappa shape index (κ3) is 3.05. The van der Waals surface area contributed by atoms with Crippen molar-refractivity contribution in [2.75, 3.05) is 0 Å². The molecular formula is C11H9FmN2O4-. The first-order valence-electron chi connectivity index (χ1n) is 4.63. The molecule has 3 N–H and O–H groups in total. The largest absolute Gasteiger partial charge is 0.520 e. The van der Waals surface area contributed by atoms with Crippen LogP contribution in [-0.4, -0.2) is 28.6 Å². The van der Waals surface area contributed by atoms with Gasteiger partial charge in [0.15, 0.2) is 0 Å². The van der Waals surface area contributed by atoms with Crippen LogP contribution < -0.4 is 5.32 Å². The molecule has 1 amide bonds. The second-order valence-electron chi connectivity index (χ2n) is 3.24. The van der Waals surface area contributed by atoms with Crippen LogP contribution in [0.4, 0.5) is 0 Å². The molecule has 1 unspecified atom stereocenters. The molecule has 0 spiro atoms. The minimum Gasteiger partial charge on any atom is -0.520 e. The summed E-state index contributed by atoms with van der Waals surface area (Å²) in [5.74, 6) is -1.37. The van der Waals surface area contributed by atoms with Gasteiger partial charge >= 0.3 is 5.97 Å². The molecule has 2 atom stereocenters. The Morgan fingerprint density at radius 3 is 2.33 bits per heavy atom. The summed E-state index contributed by atoms with van der Waals surface area (Å²) in [5, 5.41) is 29.0. The van der Waals surface area contributed by atoms with Gasteiger partial charge in [0.1, 0.15) is 12.1 Å². The van der Waals surface area contributed by atoms with E-state index < -0.39 is 18.1 Å². The van der Waals surface area contributed by atoms with Crippen LogP contribution >= 0.6 is 0 Å². The summed E-state index contributed by atoms with van der Waals surface area (Å²) in [7, 11) is 0. The number of carbonyl (C=O) groups is 1. The molecule has 0 aliphatic heterocycles. The minimum atomic E-state index is -1.47. The van der Waals surface area contributed by atoms with E-state index in [1.54, 1.807) is 0 Å². The van der Waals surface area contributed by atoms with Crippen molar-refractivity contribution in [3.05, 3.63) is 35.4 Å². The zero-order valence-corrected chi connectivity index (χ0v) is 11.3. The first-order valence-corrected chi connectivity index (χ1v) is 4.63.